The highest BCUT2D eigenvalue weighted by Crippen LogP contribution is 2.24. The summed E-state index contributed by atoms with van der Waals surface area (Å²) in [6, 6.07) is 16.7. The van der Waals surface area contributed by atoms with E-state index in [1.54, 1.807) is 12.1 Å². The lowest BCUT2D eigenvalue weighted by Gasteiger charge is -2.32. The Kier molecular flexibility index (Phi) is 6.89. The first-order valence-corrected chi connectivity index (χ1v) is 9.58. The van der Waals surface area contributed by atoms with Crippen LogP contribution in [0, 0.1) is 5.92 Å². The van der Waals surface area contributed by atoms with Crippen LogP contribution in [0.1, 0.15) is 19.8 Å². The van der Waals surface area contributed by atoms with E-state index in [0.29, 0.717) is 11.4 Å². The van der Waals surface area contributed by atoms with Crippen LogP contribution in [0.2, 0.25) is 0 Å². The molecule has 0 radical (unpaired) electrons. The number of nitrogens with zero attached hydrogens (tertiary/aromatic N) is 1. The van der Waals surface area contributed by atoms with E-state index in [4.69, 9.17) is 9.47 Å². The van der Waals surface area contributed by atoms with Crippen LogP contribution >= 0.6 is 0 Å². The summed E-state index contributed by atoms with van der Waals surface area (Å²) in [6.07, 6.45) is 2.41. The van der Waals surface area contributed by atoms with Crippen molar-refractivity contribution in [3.63, 3.8) is 0 Å². The summed E-state index contributed by atoms with van der Waals surface area (Å²) in [5, 5.41) is 2.73. The van der Waals surface area contributed by atoms with Gasteiger partial charge in [0.15, 0.2) is 13.2 Å². The fourth-order valence-electron chi connectivity index (χ4n) is 3.07. The maximum Gasteiger partial charge on any atom is 0.344 e. The van der Waals surface area contributed by atoms with Gasteiger partial charge in [0.25, 0.3) is 5.91 Å². The highest BCUT2D eigenvalue weighted by molar-refractivity contribution is 5.93. The Morgan fingerprint density at radius 3 is 2.36 bits per heavy atom. The van der Waals surface area contributed by atoms with Gasteiger partial charge in [-0.3, -0.25) is 4.79 Å². The molecule has 148 valence electrons. The number of amides is 1. The average Bonchev–Trinajstić information content (AvgIpc) is 2.73. The lowest BCUT2D eigenvalue weighted by molar-refractivity contribution is -0.149. The predicted octanol–water partition coefficient (Wildman–Crippen LogP) is 3.48. The normalized spacial score (nSPS) is 14.4. The van der Waals surface area contributed by atoms with Gasteiger partial charge in [0.1, 0.15) is 5.75 Å². The van der Waals surface area contributed by atoms with E-state index in [1.807, 2.05) is 42.5 Å². The Hall–Kier alpha value is -3.02. The summed E-state index contributed by atoms with van der Waals surface area (Å²) in [4.78, 5) is 26.0. The molecule has 0 bridgehead atoms. The fraction of sp³-hybridized carbons (Fsp3) is 0.364. The Morgan fingerprint density at radius 2 is 1.68 bits per heavy atom. The smallest absolute Gasteiger partial charge is 0.344 e. The number of ether oxygens (including phenoxy) is 2. The van der Waals surface area contributed by atoms with Crippen LogP contribution in [0.25, 0.3) is 0 Å². The van der Waals surface area contributed by atoms with Crippen LogP contribution in [0.3, 0.4) is 0 Å². The number of hydrogen-bond acceptors (Lipinski definition) is 5. The lowest BCUT2D eigenvalue weighted by Crippen LogP contribution is -2.32. The van der Waals surface area contributed by atoms with Crippen LogP contribution in [0.4, 0.5) is 11.4 Å². The molecule has 0 spiro atoms. The average molecular weight is 382 g/mol. The zero-order valence-corrected chi connectivity index (χ0v) is 16.1. The van der Waals surface area contributed by atoms with Crippen molar-refractivity contribution in [2.45, 2.75) is 19.8 Å². The summed E-state index contributed by atoms with van der Waals surface area (Å²) >= 11 is 0. The molecule has 0 aliphatic carbocycles. The maximum absolute atomic E-state index is 12.0. The van der Waals surface area contributed by atoms with Crippen molar-refractivity contribution in [3.05, 3.63) is 54.6 Å². The van der Waals surface area contributed by atoms with Crippen molar-refractivity contribution >= 4 is 23.3 Å². The van der Waals surface area contributed by atoms with Crippen LogP contribution in [-0.4, -0.2) is 38.2 Å². The van der Waals surface area contributed by atoms with Gasteiger partial charge in [-0.1, -0.05) is 25.1 Å². The van der Waals surface area contributed by atoms with E-state index in [9.17, 15) is 9.59 Å². The molecule has 28 heavy (non-hydrogen) atoms. The van der Waals surface area contributed by atoms with Gasteiger partial charge in [0.2, 0.25) is 0 Å². The molecule has 1 aliphatic rings. The van der Waals surface area contributed by atoms with E-state index in [-0.39, 0.29) is 19.1 Å². The van der Waals surface area contributed by atoms with E-state index in [2.05, 4.69) is 17.1 Å². The Labute approximate surface area is 165 Å². The minimum Gasteiger partial charge on any atom is -0.482 e. The molecule has 0 atom stereocenters. The predicted molar refractivity (Wildman–Crippen MR) is 109 cm³/mol. The number of benzene rings is 2. The molecule has 1 aliphatic heterocycles. The van der Waals surface area contributed by atoms with Crippen LogP contribution in [0.5, 0.6) is 5.75 Å². The second-order valence-electron chi connectivity index (χ2n) is 7.03. The van der Waals surface area contributed by atoms with Crippen LogP contribution in [-0.2, 0) is 14.3 Å². The van der Waals surface area contributed by atoms with Gasteiger partial charge in [-0.15, -0.1) is 0 Å². The third kappa shape index (κ3) is 6.01. The van der Waals surface area contributed by atoms with E-state index < -0.39 is 5.97 Å². The molecule has 3 rings (SSSR count). The molecule has 2 aromatic rings. The number of esters is 1. The Balaban J connectivity index is 1.39. The number of para-hydroxylation sites is 1. The third-order valence-electron chi connectivity index (χ3n) is 4.76. The van der Waals surface area contributed by atoms with Crippen molar-refractivity contribution in [2.24, 2.45) is 5.92 Å². The first-order valence-electron chi connectivity index (χ1n) is 9.58. The van der Waals surface area contributed by atoms with Gasteiger partial charge >= 0.3 is 5.97 Å². The molecular formula is C22H26N2O4. The molecular weight excluding hydrogens is 356 g/mol. The molecule has 1 amide bonds. The van der Waals surface area contributed by atoms with E-state index in [1.165, 1.54) is 12.8 Å². The van der Waals surface area contributed by atoms with E-state index in [0.717, 1.165) is 24.7 Å². The zero-order chi connectivity index (χ0) is 19.8. The molecule has 0 saturated carbocycles. The van der Waals surface area contributed by atoms with Gasteiger partial charge in [-0.2, -0.15) is 0 Å². The number of carbonyl (C=O) groups is 2. The first-order chi connectivity index (χ1) is 13.6. The highest BCUT2D eigenvalue weighted by atomic mass is 16.6. The molecule has 1 saturated heterocycles. The minimum absolute atomic E-state index is 0.236. The molecule has 2 aromatic carbocycles. The van der Waals surface area contributed by atoms with Gasteiger partial charge < -0.3 is 19.7 Å². The topological polar surface area (TPSA) is 67.9 Å². The standard InChI is InChI=1S/C22H26N2O4/c1-17-11-13-24(14-12-17)19-9-7-18(8-10-19)23-21(25)15-28-22(26)16-27-20-5-3-2-4-6-20/h2-10,17H,11-16H2,1H3,(H,23,25). The second-order valence-corrected chi connectivity index (χ2v) is 7.03. The second kappa shape index (κ2) is 9.78. The summed E-state index contributed by atoms with van der Waals surface area (Å²) in [6.45, 7) is 3.83. The number of hydrogen-bond donors (Lipinski definition) is 1. The van der Waals surface area contributed by atoms with Crippen molar-refractivity contribution in [3.8, 4) is 5.75 Å². The molecule has 1 heterocycles. The first kappa shape index (κ1) is 19.7. The molecule has 0 unspecified atom stereocenters. The van der Waals surface area contributed by atoms with Crippen LogP contribution < -0.4 is 15.0 Å². The lowest BCUT2D eigenvalue weighted by atomic mass is 9.99. The SMILES string of the molecule is CC1CCN(c2ccc(NC(=O)COC(=O)COc3ccccc3)cc2)CC1. The molecule has 0 aromatic heterocycles. The summed E-state index contributed by atoms with van der Waals surface area (Å²) in [5.41, 5.74) is 1.84. The summed E-state index contributed by atoms with van der Waals surface area (Å²) < 4.78 is 10.2. The van der Waals surface area contributed by atoms with E-state index >= 15 is 0 Å². The summed E-state index contributed by atoms with van der Waals surface area (Å²) in [7, 11) is 0. The number of nitrogens with one attached hydrogen (secondary N) is 1. The highest BCUT2D eigenvalue weighted by Gasteiger charge is 2.16. The van der Waals surface area contributed by atoms with Gasteiger partial charge in [0.05, 0.1) is 0 Å². The van der Waals surface area contributed by atoms with Gasteiger partial charge in [-0.05, 0) is 55.2 Å². The van der Waals surface area contributed by atoms with Crippen molar-refractivity contribution < 1.29 is 19.1 Å². The largest absolute Gasteiger partial charge is 0.482 e. The minimum atomic E-state index is -0.589. The van der Waals surface area contributed by atoms with Gasteiger partial charge in [0, 0.05) is 24.5 Å². The van der Waals surface area contributed by atoms with Crippen molar-refractivity contribution in [1.29, 1.82) is 0 Å². The monoisotopic (exact) mass is 382 g/mol. The van der Waals surface area contributed by atoms with Gasteiger partial charge in [-0.25, -0.2) is 4.79 Å². The third-order valence-corrected chi connectivity index (χ3v) is 4.76. The number of carbonyl (C=O) groups excluding carboxylic acids is 2. The van der Waals surface area contributed by atoms with Crippen LogP contribution in [0.15, 0.2) is 54.6 Å². The van der Waals surface area contributed by atoms with Crippen molar-refractivity contribution in [1.82, 2.24) is 0 Å². The number of anilines is 2. The molecule has 1 N–H and O–H groups in total. The molecule has 6 heteroatoms. The van der Waals surface area contributed by atoms with Crippen molar-refractivity contribution in [2.75, 3.05) is 36.5 Å². The molecule has 6 nitrogen and oxygen atoms in total. The Bertz CT molecular complexity index is 769. The zero-order valence-electron chi connectivity index (χ0n) is 16.1. The fourth-order valence-corrected chi connectivity index (χ4v) is 3.07. The number of rotatable bonds is 7. The Morgan fingerprint density at radius 1 is 1.00 bits per heavy atom. The maximum atomic E-state index is 12.0. The molecule has 1 fully saturated rings. The number of piperidine rings is 1. The summed E-state index contributed by atoms with van der Waals surface area (Å²) in [5.74, 6) is 0.393. The quantitative estimate of drug-likeness (QED) is 0.743.